The Morgan fingerprint density at radius 3 is 2.00 bits per heavy atom. The van der Waals surface area contributed by atoms with Gasteiger partial charge in [0.05, 0.1) is 6.10 Å². The molecular formula is C6H12O5. The average Bonchev–Trinajstić information content (AvgIpc) is 1.97. The second-order valence-corrected chi connectivity index (χ2v) is 2.70. The minimum Gasteiger partial charge on any atom is -0.388 e. The van der Waals surface area contributed by atoms with E-state index in [0.29, 0.717) is 0 Å². The van der Waals surface area contributed by atoms with Crippen LogP contribution in [0.2, 0.25) is 0 Å². The number of hydrogen-bond acceptors (Lipinski definition) is 5. The van der Waals surface area contributed by atoms with Gasteiger partial charge in [0, 0.05) is 0 Å². The molecule has 0 bridgehead atoms. The lowest BCUT2D eigenvalue weighted by Gasteiger charge is -2.36. The fraction of sp³-hybridized carbons (Fsp3) is 1.00. The molecule has 1 heterocycles. The highest BCUT2D eigenvalue weighted by atomic mass is 16.6. The van der Waals surface area contributed by atoms with Gasteiger partial charge in [-0.3, -0.25) is 0 Å². The van der Waals surface area contributed by atoms with Crippen LogP contribution in [0.15, 0.2) is 0 Å². The van der Waals surface area contributed by atoms with Gasteiger partial charge < -0.3 is 25.2 Å². The number of rotatable bonds is 0. The second kappa shape index (κ2) is 3.04. The molecule has 1 unspecified atom stereocenters. The highest BCUT2D eigenvalue weighted by molar-refractivity contribution is 4.86. The first-order valence-corrected chi connectivity index (χ1v) is 3.41. The van der Waals surface area contributed by atoms with E-state index in [2.05, 4.69) is 4.74 Å². The van der Waals surface area contributed by atoms with Crippen LogP contribution in [0, 0.1) is 0 Å². The molecule has 0 amide bonds. The first-order chi connectivity index (χ1) is 5.04. The average molecular weight is 164 g/mol. The monoisotopic (exact) mass is 164 g/mol. The summed E-state index contributed by atoms with van der Waals surface area (Å²) in [6, 6.07) is 0. The molecule has 1 fully saturated rings. The minimum absolute atomic E-state index is 0.664. The van der Waals surface area contributed by atoms with E-state index >= 15 is 0 Å². The van der Waals surface area contributed by atoms with E-state index < -0.39 is 30.7 Å². The zero-order valence-electron chi connectivity index (χ0n) is 6.08. The molecule has 0 aromatic carbocycles. The molecule has 5 heteroatoms. The summed E-state index contributed by atoms with van der Waals surface area (Å²) in [5, 5.41) is 36.0. The van der Waals surface area contributed by atoms with Crippen LogP contribution >= 0.6 is 0 Å². The van der Waals surface area contributed by atoms with Crippen LogP contribution in [0.3, 0.4) is 0 Å². The molecule has 1 aliphatic heterocycles. The minimum atomic E-state index is -1.43. The van der Waals surface area contributed by atoms with Crippen molar-refractivity contribution in [3.05, 3.63) is 0 Å². The highest BCUT2D eigenvalue weighted by Gasteiger charge is 2.40. The molecule has 1 aliphatic rings. The first kappa shape index (κ1) is 8.89. The molecule has 0 aliphatic carbocycles. The van der Waals surface area contributed by atoms with Crippen molar-refractivity contribution in [2.45, 2.75) is 37.6 Å². The van der Waals surface area contributed by atoms with Crippen LogP contribution in [0.1, 0.15) is 6.92 Å². The molecule has 0 spiro atoms. The lowest BCUT2D eigenvalue weighted by atomic mass is 10.0. The van der Waals surface area contributed by atoms with Crippen LogP contribution in [-0.4, -0.2) is 51.1 Å². The number of aliphatic hydroxyl groups excluding tert-OH is 4. The van der Waals surface area contributed by atoms with Crippen LogP contribution in [0.25, 0.3) is 0 Å². The van der Waals surface area contributed by atoms with Gasteiger partial charge in [-0.25, -0.2) is 0 Å². The van der Waals surface area contributed by atoms with Gasteiger partial charge in [-0.2, -0.15) is 0 Å². The fourth-order valence-electron chi connectivity index (χ4n) is 1.03. The SMILES string of the molecule is C[C@H]1OC(O)[C@@H](O)[C@H](O)[C@@H]1O. The Bertz CT molecular complexity index is 125. The lowest BCUT2D eigenvalue weighted by molar-refractivity contribution is -0.277. The maximum atomic E-state index is 9.09. The Morgan fingerprint density at radius 2 is 1.45 bits per heavy atom. The number of hydrogen-bond donors (Lipinski definition) is 4. The summed E-state index contributed by atoms with van der Waals surface area (Å²) in [6.45, 7) is 1.50. The summed E-state index contributed by atoms with van der Waals surface area (Å²) in [5.74, 6) is 0. The molecule has 0 saturated carbocycles. The van der Waals surface area contributed by atoms with Gasteiger partial charge in [0.1, 0.15) is 18.3 Å². The Morgan fingerprint density at radius 1 is 0.909 bits per heavy atom. The third-order valence-corrected chi connectivity index (χ3v) is 1.83. The summed E-state index contributed by atoms with van der Waals surface area (Å²) in [7, 11) is 0. The van der Waals surface area contributed by atoms with Crippen molar-refractivity contribution < 1.29 is 25.2 Å². The molecular weight excluding hydrogens is 152 g/mol. The molecule has 5 nitrogen and oxygen atoms in total. The van der Waals surface area contributed by atoms with Crippen LogP contribution in [-0.2, 0) is 4.74 Å². The van der Waals surface area contributed by atoms with E-state index in [9.17, 15) is 0 Å². The summed E-state index contributed by atoms with van der Waals surface area (Å²) < 4.78 is 4.68. The molecule has 1 rings (SSSR count). The van der Waals surface area contributed by atoms with Gasteiger partial charge in [0.2, 0.25) is 0 Å². The Labute approximate surface area is 63.8 Å². The maximum Gasteiger partial charge on any atom is 0.183 e. The molecule has 0 radical (unpaired) electrons. The van der Waals surface area contributed by atoms with Gasteiger partial charge in [-0.1, -0.05) is 0 Å². The normalized spacial score (nSPS) is 52.6. The number of ether oxygens (including phenoxy) is 1. The van der Waals surface area contributed by atoms with E-state index in [1.807, 2.05) is 0 Å². The lowest BCUT2D eigenvalue weighted by Crippen LogP contribution is -2.56. The third-order valence-electron chi connectivity index (χ3n) is 1.83. The fourth-order valence-corrected chi connectivity index (χ4v) is 1.03. The van der Waals surface area contributed by atoms with Crippen LogP contribution < -0.4 is 0 Å². The zero-order chi connectivity index (χ0) is 8.59. The number of aliphatic hydroxyl groups is 4. The Hall–Kier alpha value is -0.200. The van der Waals surface area contributed by atoms with Gasteiger partial charge >= 0.3 is 0 Å². The van der Waals surface area contributed by atoms with Crippen molar-refractivity contribution in [2.75, 3.05) is 0 Å². The Balaban J connectivity index is 2.63. The standard InChI is InChI=1S/C6H12O5/c1-2-3(7)4(8)5(9)6(10)11-2/h2-10H,1H3/t2-,3-,4-,5+,6?/m1/s1. The van der Waals surface area contributed by atoms with Crippen molar-refractivity contribution in [3.8, 4) is 0 Å². The van der Waals surface area contributed by atoms with E-state index in [1.165, 1.54) is 6.92 Å². The summed E-state index contributed by atoms with van der Waals surface area (Å²) >= 11 is 0. The van der Waals surface area contributed by atoms with Crippen molar-refractivity contribution >= 4 is 0 Å². The highest BCUT2D eigenvalue weighted by Crippen LogP contribution is 2.18. The van der Waals surface area contributed by atoms with Crippen molar-refractivity contribution in [1.29, 1.82) is 0 Å². The van der Waals surface area contributed by atoms with E-state index in [0.717, 1.165) is 0 Å². The smallest absolute Gasteiger partial charge is 0.183 e. The summed E-state index contributed by atoms with van der Waals surface area (Å²) in [6.07, 6.45) is -5.99. The van der Waals surface area contributed by atoms with Gasteiger partial charge in [0.15, 0.2) is 6.29 Å². The Kier molecular flexibility index (Phi) is 2.46. The molecule has 5 atom stereocenters. The largest absolute Gasteiger partial charge is 0.388 e. The quantitative estimate of drug-likeness (QED) is 0.326. The van der Waals surface area contributed by atoms with Crippen LogP contribution in [0.5, 0.6) is 0 Å². The first-order valence-electron chi connectivity index (χ1n) is 3.41. The molecule has 0 aromatic rings. The molecule has 1 saturated heterocycles. The summed E-state index contributed by atoms with van der Waals surface area (Å²) in [5.41, 5.74) is 0. The van der Waals surface area contributed by atoms with Crippen LogP contribution in [0.4, 0.5) is 0 Å². The second-order valence-electron chi connectivity index (χ2n) is 2.70. The van der Waals surface area contributed by atoms with Gasteiger partial charge in [-0.15, -0.1) is 0 Å². The summed E-state index contributed by atoms with van der Waals surface area (Å²) in [4.78, 5) is 0. The van der Waals surface area contributed by atoms with Gasteiger partial charge in [-0.05, 0) is 6.92 Å². The predicted molar refractivity (Wildman–Crippen MR) is 34.6 cm³/mol. The van der Waals surface area contributed by atoms with E-state index in [-0.39, 0.29) is 0 Å². The predicted octanol–water partition coefficient (Wildman–Crippen LogP) is -2.19. The maximum absolute atomic E-state index is 9.09. The molecule has 11 heavy (non-hydrogen) atoms. The van der Waals surface area contributed by atoms with Crippen molar-refractivity contribution in [3.63, 3.8) is 0 Å². The molecule has 0 aromatic heterocycles. The van der Waals surface area contributed by atoms with Crippen molar-refractivity contribution in [1.82, 2.24) is 0 Å². The van der Waals surface area contributed by atoms with Gasteiger partial charge in [0.25, 0.3) is 0 Å². The molecule has 4 N–H and O–H groups in total. The third kappa shape index (κ3) is 1.52. The van der Waals surface area contributed by atoms with E-state index in [1.54, 1.807) is 0 Å². The van der Waals surface area contributed by atoms with Crippen molar-refractivity contribution in [2.24, 2.45) is 0 Å². The van der Waals surface area contributed by atoms with E-state index in [4.69, 9.17) is 20.4 Å². The zero-order valence-corrected chi connectivity index (χ0v) is 6.08. The topological polar surface area (TPSA) is 90.2 Å². The molecule has 66 valence electrons.